The molecule has 1 aromatic heterocycles. The molecule has 0 bridgehead atoms. The molecule has 0 spiro atoms. The number of rotatable bonds is 3. The lowest BCUT2D eigenvalue weighted by molar-refractivity contribution is 0.266. The van der Waals surface area contributed by atoms with Crippen LogP contribution in [0.5, 0.6) is 0 Å². The van der Waals surface area contributed by atoms with Crippen LogP contribution < -0.4 is 5.32 Å². The normalized spacial score (nSPS) is 18.5. The number of guanidine groups is 1. The van der Waals surface area contributed by atoms with E-state index in [0.717, 1.165) is 37.9 Å². The molecule has 5 heteroatoms. The Bertz CT molecular complexity index is 692. The summed E-state index contributed by atoms with van der Waals surface area (Å²) in [6.07, 6.45) is 3.61. The third kappa shape index (κ3) is 4.23. The lowest BCUT2D eigenvalue weighted by Crippen LogP contribution is -2.46. The molecule has 0 amide bonds. The van der Waals surface area contributed by atoms with E-state index in [1.807, 2.05) is 7.05 Å². The van der Waals surface area contributed by atoms with Gasteiger partial charge in [0.05, 0.1) is 0 Å². The molecule has 3 rings (SSSR count). The summed E-state index contributed by atoms with van der Waals surface area (Å²) in [5, 5.41) is 4.89. The van der Waals surface area contributed by atoms with Crippen molar-refractivity contribution >= 4 is 40.8 Å². The number of aliphatic imine (C=N–C) groups is 1. The van der Waals surface area contributed by atoms with Crippen molar-refractivity contribution in [2.45, 2.75) is 33.1 Å². The van der Waals surface area contributed by atoms with Crippen LogP contribution in [0.1, 0.15) is 31.0 Å². The Morgan fingerprint density at radius 3 is 2.92 bits per heavy atom. The number of piperidine rings is 1. The van der Waals surface area contributed by atoms with Crippen molar-refractivity contribution in [2.75, 3.05) is 26.7 Å². The van der Waals surface area contributed by atoms with E-state index in [1.165, 1.54) is 35.0 Å². The molecule has 1 aromatic carbocycles. The van der Waals surface area contributed by atoms with Gasteiger partial charge in [-0.15, -0.1) is 24.0 Å². The summed E-state index contributed by atoms with van der Waals surface area (Å²) in [5.41, 5.74) is 3.92. The van der Waals surface area contributed by atoms with Gasteiger partial charge in [-0.25, -0.2) is 0 Å². The molecule has 2 aromatic rings. The van der Waals surface area contributed by atoms with Crippen molar-refractivity contribution in [2.24, 2.45) is 10.9 Å². The molecule has 1 aliphatic rings. The van der Waals surface area contributed by atoms with Gasteiger partial charge in [0, 0.05) is 43.3 Å². The highest BCUT2D eigenvalue weighted by Crippen LogP contribution is 2.22. The molecule has 132 valence electrons. The van der Waals surface area contributed by atoms with Gasteiger partial charge in [0.2, 0.25) is 0 Å². The maximum absolute atomic E-state index is 4.47. The minimum Gasteiger partial charge on any atom is -0.358 e. The van der Waals surface area contributed by atoms with E-state index in [9.17, 15) is 0 Å². The van der Waals surface area contributed by atoms with Gasteiger partial charge in [0.15, 0.2) is 5.96 Å². The summed E-state index contributed by atoms with van der Waals surface area (Å²) in [6, 6.07) is 8.54. The van der Waals surface area contributed by atoms with E-state index in [0.29, 0.717) is 0 Å². The average molecular weight is 440 g/mol. The number of aryl methyl sites for hydroxylation is 1. The van der Waals surface area contributed by atoms with E-state index < -0.39 is 0 Å². The molecule has 1 aliphatic heterocycles. The second kappa shape index (κ2) is 8.74. The Hall–Kier alpha value is -1.24. The fraction of sp³-hybridized carbons (Fsp3) is 0.526. The number of hydrogen-bond acceptors (Lipinski definition) is 1. The Labute approximate surface area is 162 Å². The minimum atomic E-state index is 0. The molecule has 1 unspecified atom stereocenters. The predicted octanol–water partition coefficient (Wildman–Crippen LogP) is 3.94. The van der Waals surface area contributed by atoms with E-state index in [4.69, 9.17) is 0 Å². The van der Waals surface area contributed by atoms with Crippen molar-refractivity contribution < 1.29 is 0 Å². The van der Waals surface area contributed by atoms with Gasteiger partial charge in [-0.2, -0.15) is 0 Å². The standard InChI is InChI=1S/C19H28N4.HI/c1-14-7-6-12-23(13-14)19(20-3)21-11-10-16-15(2)22-18-9-5-4-8-17(16)18;/h4-5,8-9,14,22H,6-7,10-13H2,1-3H3,(H,20,21);1H. The molecule has 1 fully saturated rings. The minimum absolute atomic E-state index is 0. The largest absolute Gasteiger partial charge is 0.358 e. The van der Waals surface area contributed by atoms with Gasteiger partial charge in [0.1, 0.15) is 0 Å². The third-order valence-electron chi connectivity index (χ3n) is 4.85. The summed E-state index contributed by atoms with van der Waals surface area (Å²) in [5.74, 6) is 1.81. The van der Waals surface area contributed by atoms with Gasteiger partial charge in [-0.1, -0.05) is 25.1 Å². The zero-order valence-corrected chi connectivity index (χ0v) is 17.3. The van der Waals surface area contributed by atoms with Gasteiger partial charge >= 0.3 is 0 Å². The lowest BCUT2D eigenvalue weighted by atomic mass is 10.0. The summed E-state index contributed by atoms with van der Waals surface area (Å²) in [7, 11) is 1.89. The highest BCUT2D eigenvalue weighted by molar-refractivity contribution is 14.0. The zero-order valence-electron chi connectivity index (χ0n) is 14.9. The summed E-state index contributed by atoms with van der Waals surface area (Å²) in [6.45, 7) is 7.65. The third-order valence-corrected chi connectivity index (χ3v) is 4.85. The van der Waals surface area contributed by atoms with E-state index in [-0.39, 0.29) is 24.0 Å². The summed E-state index contributed by atoms with van der Waals surface area (Å²) in [4.78, 5) is 10.4. The maximum Gasteiger partial charge on any atom is 0.193 e. The van der Waals surface area contributed by atoms with Crippen LogP contribution in [0.15, 0.2) is 29.3 Å². The predicted molar refractivity (Wildman–Crippen MR) is 113 cm³/mol. The Morgan fingerprint density at radius 2 is 2.17 bits per heavy atom. The number of nitrogens with zero attached hydrogens (tertiary/aromatic N) is 2. The van der Waals surface area contributed by atoms with E-state index in [2.05, 4.69) is 58.3 Å². The molecule has 2 heterocycles. The van der Waals surface area contributed by atoms with Crippen molar-refractivity contribution in [3.8, 4) is 0 Å². The smallest absolute Gasteiger partial charge is 0.193 e. The Kier molecular flexibility index (Phi) is 6.95. The first-order chi connectivity index (χ1) is 11.2. The lowest BCUT2D eigenvalue weighted by Gasteiger charge is -2.33. The SMILES string of the molecule is CN=C(NCCc1c(C)[nH]c2ccccc12)N1CCCC(C)C1.I. The first-order valence-electron chi connectivity index (χ1n) is 8.71. The molecule has 0 saturated carbocycles. The highest BCUT2D eigenvalue weighted by Gasteiger charge is 2.19. The van der Waals surface area contributed by atoms with E-state index >= 15 is 0 Å². The van der Waals surface area contributed by atoms with Crippen molar-refractivity contribution in [3.05, 3.63) is 35.5 Å². The first kappa shape index (κ1) is 19.1. The van der Waals surface area contributed by atoms with Crippen molar-refractivity contribution in [3.63, 3.8) is 0 Å². The number of nitrogens with one attached hydrogen (secondary N) is 2. The second-order valence-electron chi connectivity index (χ2n) is 6.69. The van der Waals surface area contributed by atoms with Crippen molar-refractivity contribution in [1.29, 1.82) is 0 Å². The van der Waals surface area contributed by atoms with Gasteiger partial charge < -0.3 is 15.2 Å². The number of aromatic nitrogens is 1. The molecule has 0 aliphatic carbocycles. The van der Waals surface area contributed by atoms with Crippen LogP contribution in [0.3, 0.4) is 0 Å². The van der Waals surface area contributed by atoms with Gasteiger partial charge in [-0.3, -0.25) is 4.99 Å². The van der Waals surface area contributed by atoms with Crippen LogP contribution in [0.25, 0.3) is 10.9 Å². The Balaban J connectivity index is 0.00000208. The molecule has 0 radical (unpaired) electrons. The number of aromatic amines is 1. The topological polar surface area (TPSA) is 43.4 Å². The van der Waals surface area contributed by atoms with Crippen LogP contribution in [0.2, 0.25) is 0 Å². The van der Waals surface area contributed by atoms with Crippen molar-refractivity contribution in [1.82, 2.24) is 15.2 Å². The van der Waals surface area contributed by atoms with Crippen LogP contribution in [0.4, 0.5) is 0 Å². The monoisotopic (exact) mass is 440 g/mol. The number of benzene rings is 1. The fourth-order valence-electron chi connectivity index (χ4n) is 3.67. The molecular formula is C19H29IN4. The summed E-state index contributed by atoms with van der Waals surface area (Å²) < 4.78 is 0. The van der Waals surface area contributed by atoms with Gasteiger partial charge in [0.25, 0.3) is 0 Å². The Morgan fingerprint density at radius 1 is 1.38 bits per heavy atom. The zero-order chi connectivity index (χ0) is 16.2. The second-order valence-corrected chi connectivity index (χ2v) is 6.69. The number of likely N-dealkylation sites (tertiary alicyclic amines) is 1. The summed E-state index contributed by atoms with van der Waals surface area (Å²) >= 11 is 0. The number of fused-ring (bicyclic) bond motifs is 1. The van der Waals surface area contributed by atoms with Crippen LogP contribution >= 0.6 is 24.0 Å². The molecule has 24 heavy (non-hydrogen) atoms. The molecule has 1 saturated heterocycles. The van der Waals surface area contributed by atoms with Crippen LogP contribution in [0, 0.1) is 12.8 Å². The number of para-hydroxylation sites is 1. The van der Waals surface area contributed by atoms with Crippen LogP contribution in [-0.4, -0.2) is 42.5 Å². The fourth-order valence-corrected chi connectivity index (χ4v) is 3.67. The van der Waals surface area contributed by atoms with Crippen LogP contribution in [-0.2, 0) is 6.42 Å². The maximum atomic E-state index is 4.47. The van der Waals surface area contributed by atoms with Gasteiger partial charge in [-0.05, 0) is 43.7 Å². The number of H-pyrrole nitrogens is 1. The number of hydrogen-bond donors (Lipinski definition) is 2. The first-order valence-corrected chi connectivity index (χ1v) is 8.71. The quantitative estimate of drug-likeness (QED) is 0.432. The number of halogens is 1. The highest BCUT2D eigenvalue weighted by atomic mass is 127. The molecule has 2 N–H and O–H groups in total. The molecule has 1 atom stereocenters. The average Bonchev–Trinajstić information content (AvgIpc) is 2.87. The molecular weight excluding hydrogens is 411 g/mol. The van der Waals surface area contributed by atoms with E-state index in [1.54, 1.807) is 0 Å². The molecule has 4 nitrogen and oxygen atoms in total.